The van der Waals surface area contributed by atoms with E-state index in [1.54, 1.807) is 6.92 Å². The van der Waals surface area contributed by atoms with Crippen molar-refractivity contribution in [3.63, 3.8) is 0 Å². The van der Waals surface area contributed by atoms with E-state index in [1.165, 1.54) is 28.0 Å². The number of thiazole rings is 1. The van der Waals surface area contributed by atoms with E-state index in [1.807, 2.05) is 6.92 Å². The molecule has 2 heterocycles. The third kappa shape index (κ3) is 3.62. The number of amides is 2. The molecule has 0 bridgehead atoms. The van der Waals surface area contributed by atoms with Crippen LogP contribution in [0.5, 0.6) is 0 Å². The Morgan fingerprint density at radius 1 is 1.52 bits per heavy atom. The number of rotatable bonds is 6. The number of thioether (sulfide) groups is 1. The topological polar surface area (TPSA) is 87.6 Å². The maximum Gasteiger partial charge on any atom is 0.308 e. The number of aliphatic carboxylic acids is 1. The van der Waals surface area contributed by atoms with Gasteiger partial charge >= 0.3 is 5.97 Å². The maximum absolute atomic E-state index is 12.1. The van der Waals surface area contributed by atoms with Gasteiger partial charge in [-0.25, -0.2) is 4.98 Å². The van der Waals surface area contributed by atoms with Crippen LogP contribution in [0.15, 0.2) is 4.34 Å². The standard InChI is InChI=1S/C13H16N2O4S2/c1-3-4-15-10(16)5-9(12(15)19)21-13-14-7(2)8(20-13)6-11(17)18/h9H,3-6H2,1-2H3,(H,17,18). The lowest BCUT2D eigenvalue weighted by atomic mass is 10.3. The summed E-state index contributed by atoms with van der Waals surface area (Å²) in [5, 5.41) is 8.38. The fraction of sp³-hybridized carbons (Fsp3) is 0.538. The molecule has 1 atom stereocenters. The molecule has 0 saturated carbocycles. The molecule has 21 heavy (non-hydrogen) atoms. The molecule has 1 aromatic heterocycles. The van der Waals surface area contributed by atoms with Crippen LogP contribution in [0, 0.1) is 6.92 Å². The second-order valence-electron chi connectivity index (χ2n) is 4.75. The zero-order valence-electron chi connectivity index (χ0n) is 11.8. The van der Waals surface area contributed by atoms with Crippen LogP contribution in [0.1, 0.15) is 30.3 Å². The number of imide groups is 1. The van der Waals surface area contributed by atoms with Gasteiger partial charge < -0.3 is 5.11 Å². The number of aryl methyl sites for hydroxylation is 1. The van der Waals surface area contributed by atoms with Crippen LogP contribution in [0.25, 0.3) is 0 Å². The fourth-order valence-corrected chi connectivity index (χ4v) is 4.59. The predicted molar refractivity (Wildman–Crippen MR) is 79.5 cm³/mol. The molecule has 2 rings (SSSR count). The van der Waals surface area contributed by atoms with Crippen molar-refractivity contribution in [2.45, 2.75) is 42.7 Å². The summed E-state index contributed by atoms with van der Waals surface area (Å²) in [6.45, 7) is 4.13. The first-order chi connectivity index (χ1) is 9.92. The lowest BCUT2D eigenvalue weighted by Crippen LogP contribution is -2.31. The summed E-state index contributed by atoms with van der Waals surface area (Å²) in [6.07, 6.45) is 0.869. The van der Waals surface area contributed by atoms with Gasteiger partial charge in [0.1, 0.15) is 0 Å². The predicted octanol–water partition coefficient (Wildman–Crippen LogP) is 1.71. The van der Waals surface area contributed by atoms with Crippen molar-refractivity contribution in [3.05, 3.63) is 10.6 Å². The molecule has 0 spiro atoms. The molecule has 1 aliphatic heterocycles. The smallest absolute Gasteiger partial charge is 0.308 e. The molecule has 1 unspecified atom stereocenters. The van der Waals surface area contributed by atoms with E-state index in [2.05, 4.69) is 4.98 Å². The van der Waals surface area contributed by atoms with Gasteiger partial charge in [-0.2, -0.15) is 0 Å². The summed E-state index contributed by atoms with van der Waals surface area (Å²) in [5.41, 5.74) is 0.673. The summed E-state index contributed by atoms with van der Waals surface area (Å²) in [7, 11) is 0. The average Bonchev–Trinajstić information content (AvgIpc) is 2.85. The van der Waals surface area contributed by atoms with Crippen LogP contribution in [0.4, 0.5) is 0 Å². The Bertz CT molecular complexity index is 585. The van der Waals surface area contributed by atoms with Crippen molar-refractivity contribution < 1.29 is 19.5 Å². The molecule has 0 radical (unpaired) electrons. The van der Waals surface area contributed by atoms with Gasteiger partial charge in [0.25, 0.3) is 0 Å². The normalized spacial score (nSPS) is 18.6. The third-order valence-corrected chi connectivity index (χ3v) is 5.51. The number of carboxylic acid groups (broad SMARTS) is 1. The zero-order chi connectivity index (χ0) is 15.6. The highest BCUT2D eigenvalue weighted by Crippen LogP contribution is 2.35. The minimum atomic E-state index is -0.903. The van der Waals surface area contributed by atoms with Crippen LogP contribution < -0.4 is 0 Å². The first-order valence-corrected chi connectivity index (χ1v) is 8.31. The lowest BCUT2D eigenvalue weighted by Gasteiger charge is -2.12. The van der Waals surface area contributed by atoms with Gasteiger partial charge in [-0.3, -0.25) is 19.3 Å². The highest BCUT2D eigenvalue weighted by atomic mass is 32.2. The Kier molecular flexibility index (Phi) is 5.00. The number of hydrogen-bond acceptors (Lipinski definition) is 6. The molecule has 0 aliphatic carbocycles. The van der Waals surface area contributed by atoms with Gasteiger partial charge in [-0.15, -0.1) is 11.3 Å². The number of carbonyl (C=O) groups is 3. The molecule has 1 aliphatic rings. The van der Waals surface area contributed by atoms with Crippen molar-refractivity contribution in [1.82, 2.24) is 9.88 Å². The van der Waals surface area contributed by atoms with Gasteiger partial charge in [-0.05, 0) is 13.3 Å². The van der Waals surface area contributed by atoms with Gasteiger partial charge in [0, 0.05) is 17.8 Å². The summed E-state index contributed by atoms with van der Waals surface area (Å²) in [6, 6.07) is 0. The summed E-state index contributed by atoms with van der Waals surface area (Å²) < 4.78 is 0.647. The quantitative estimate of drug-likeness (QED) is 0.800. The molecule has 8 heteroatoms. The number of aromatic nitrogens is 1. The maximum atomic E-state index is 12.1. The molecule has 1 fully saturated rings. The molecule has 2 amide bonds. The molecule has 6 nitrogen and oxygen atoms in total. The van der Waals surface area contributed by atoms with E-state index in [0.717, 1.165) is 6.42 Å². The minimum absolute atomic E-state index is 0.0659. The summed E-state index contributed by atoms with van der Waals surface area (Å²) in [5.74, 6) is -1.21. The molecular formula is C13H16N2O4S2. The average molecular weight is 328 g/mol. The van der Waals surface area contributed by atoms with E-state index in [-0.39, 0.29) is 24.7 Å². The monoisotopic (exact) mass is 328 g/mol. The van der Waals surface area contributed by atoms with Crippen LogP contribution in [-0.4, -0.2) is 44.6 Å². The first kappa shape index (κ1) is 16.0. The zero-order valence-corrected chi connectivity index (χ0v) is 13.4. The van der Waals surface area contributed by atoms with Crippen molar-refractivity contribution in [1.29, 1.82) is 0 Å². The SMILES string of the molecule is CCCN1C(=O)CC(Sc2nc(C)c(CC(=O)O)s2)C1=O. The van der Waals surface area contributed by atoms with E-state index >= 15 is 0 Å². The first-order valence-electron chi connectivity index (χ1n) is 6.61. The number of hydrogen-bond donors (Lipinski definition) is 1. The third-order valence-electron chi connectivity index (χ3n) is 3.08. The second kappa shape index (κ2) is 6.57. The van der Waals surface area contributed by atoms with Crippen molar-refractivity contribution in [2.24, 2.45) is 0 Å². The number of carbonyl (C=O) groups excluding carboxylic acids is 2. The van der Waals surface area contributed by atoms with Gasteiger partial charge in [0.2, 0.25) is 11.8 Å². The van der Waals surface area contributed by atoms with Gasteiger partial charge in [0.05, 0.1) is 17.4 Å². The van der Waals surface area contributed by atoms with E-state index < -0.39 is 11.2 Å². The fourth-order valence-electron chi connectivity index (χ4n) is 2.08. The second-order valence-corrected chi connectivity index (χ2v) is 7.29. The van der Waals surface area contributed by atoms with Crippen LogP contribution in [0.3, 0.4) is 0 Å². The van der Waals surface area contributed by atoms with E-state index in [0.29, 0.717) is 21.5 Å². The molecule has 114 valence electrons. The Morgan fingerprint density at radius 2 is 2.24 bits per heavy atom. The summed E-state index contributed by atoms with van der Waals surface area (Å²) >= 11 is 2.54. The Balaban J connectivity index is 2.07. The van der Waals surface area contributed by atoms with E-state index in [4.69, 9.17) is 5.11 Å². The highest BCUT2D eigenvalue weighted by molar-refractivity contribution is 8.02. The lowest BCUT2D eigenvalue weighted by molar-refractivity contribution is -0.138. The van der Waals surface area contributed by atoms with Gasteiger partial charge in [0.15, 0.2) is 4.34 Å². The van der Waals surface area contributed by atoms with Crippen LogP contribution in [0.2, 0.25) is 0 Å². The van der Waals surface area contributed by atoms with Crippen molar-refractivity contribution >= 4 is 40.9 Å². The van der Waals surface area contributed by atoms with Crippen molar-refractivity contribution in [3.8, 4) is 0 Å². The Hall–Kier alpha value is -1.41. The Labute approximate surface area is 130 Å². The Morgan fingerprint density at radius 3 is 2.86 bits per heavy atom. The van der Waals surface area contributed by atoms with E-state index in [9.17, 15) is 14.4 Å². The van der Waals surface area contributed by atoms with Crippen molar-refractivity contribution in [2.75, 3.05) is 6.54 Å². The molecule has 1 N–H and O–H groups in total. The molecule has 1 aromatic rings. The number of nitrogens with zero attached hydrogens (tertiary/aromatic N) is 2. The molecule has 1 saturated heterocycles. The van der Waals surface area contributed by atoms with Crippen LogP contribution >= 0.6 is 23.1 Å². The molecule has 0 aromatic carbocycles. The highest BCUT2D eigenvalue weighted by Gasteiger charge is 2.39. The molecular weight excluding hydrogens is 312 g/mol. The summed E-state index contributed by atoms with van der Waals surface area (Å²) in [4.78, 5) is 41.0. The largest absolute Gasteiger partial charge is 0.481 e. The van der Waals surface area contributed by atoms with Crippen LogP contribution in [-0.2, 0) is 20.8 Å². The van der Waals surface area contributed by atoms with Gasteiger partial charge in [-0.1, -0.05) is 18.7 Å². The minimum Gasteiger partial charge on any atom is -0.481 e. The number of likely N-dealkylation sites (tertiary alicyclic amines) is 1. The number of carboxylic acids is 1.